The maximum Gasteiger partial charge on any atom is 0.236 e. The number of nitrogens with zero attached hydrogens (tertiary/aromatic N) is 3. The van der Waals surface area contributed by atoms with Crippen molar-refractivity contribution >= 4 is 5.91 Å². The molecular weight excluding hydrogens is 178 g/mol. The fraction of sp³-hybridized carbons (Fsp3) is 0.800. The van der Waals surface area contributed by atoms with Gasteiger partial charge in [0.05, 0.1) is 18.5 Å². The van der Waals surface area contributed by atoms with Gasteiger partial charge in [0, 0.05) is 20.1 Å². The number of nitriles is 1. The Morgan fingerprint density at radius 1 is 1.50 bits per heavy atom. The van der Waals surface area contributed by atoms with Gasteiger partial charge < -0.3 is 4.90 Å². The predicted molar refractivity (Wildman–Crippen MR) is 55.6 cm³/mol. The van der Waals surface area contributed by atoms with Gasteiger partial charge in [-0.25, -0.2) is 0 Å². The van der Waals surface area contributed by atoms with Gasteiger partial charge in [0.25, 0.3) is 0 Å². The van der Waals surface area contributed by atoms with Crippen LogP contribution < -0.4 is 0 Å². The summed E-state index contributed by atoms with van der Waals surface area (Å²) >= 11 is 0. The SMILES string of the molecule is CCN(C)C(=O)CN(C)CC(C)C#N. The topological polar surface area (TPSA) is 47.3 Å². The molecular formula is C10H19N3O. The van der Waals surface area contributed by atoms with Gasteiger partial charge in [0.2, 0.25) is 5.91 Å². The minimum atomic E-state index is -0.0280. The first-order valence-electron chi connectivity index (χ1n) is 4.83. The van der Waals surface area contributed by atoms with Gasteiger partial charge in [0.15, 0.2) is 0 Å². The van der Waals surface area contributed by atoms with Crippen LogP contribution in [0.15, 0.2) is 0 Å². The molecule has 0 N–H and O–H groups in total. The van der Waals surface area contributed by atoms with Crippen molar-refractivity contribution in [1.29, 1.82) is 5.26 Å². The van der Waals surface area contributed by atoms with Crippen LogP contribution in [0.3, 0.4) is 0 Å². The molecule has 0 fully saturated rings. The van der Waals surface area contributed by atoms with Gasteiger partial charge in [-0.1, -0.05) is 0 Å². The first kappa shape index (κ1) is 12.9. The minimum absolute atomic E-state index is 0.0280. The molecule has 1 atom stereocenters. The summed E-state index contributed by atoms with van der Waals surface area (Å²) in [6.07, 6.45) is 0. The van der Waals surface area contributed by atoms with Crippen molar-refractivity contribution in [2.45, 2.75) is 13.8 Å². The van der Waals surface area contributed by atoms with Crippen LogP contribution in [0.1, 0.15) is 13.8 Å². The fourth-order valence-corrected chi connectivity index (χ4v) is 1.10. The van der Waals surface area contributed by atoms with Gasteiger partial charge >= 0.3 is 0 Å². The molecule has 0 bridgehead atoms. The van der Waals surface area contributed by atoms with E-state index in [0.29, 0.717) is 13.1 Å². The van der Waals surface area contributed by atoms with Crippen molar-refractivity contribution in [1.82, 2.24) is 9.80 Å². The van der Waals surface area contributed by atoms with Crippen molar-refractivity contribution in [3.63, 3.8) is 0 Å². The second kappa shape index (κ2) is 6.39. The Bertz CT molecular complexity index is 222. The Labute approximate surface area is 86.1 Å². The second-order valence-corrected chi connectivity index (χ2v) is 3.63. The molecule has 1 unspecified atom stereocenters. The lowest BCUT2D eigenvalue weighted by Gasteiger charge is -2.21. The van der Waals surface area contributed by atoms with Crippen LogP contribution in [-0.2, 0) is 4.79 Å². The van der Waals surface area contributed by atoms with Crippen LogP contribution in [0.2, 0.25) is 0 Å². The number of amides is 1. The number of hydrogen-bond acceptors (Lipinski definition) is 3. The molecule has 4 heteroatoms. The fourth-order valence-electron chi connectivity index (χ4n) is 1.10. The van der Waals surface area contributed by atoms with Crippen LogP contribution in [0, 0.1) is 17.2 Å². The Kier molecular flexibility index (Phi) is 5.89. The lowest BCUT2D eigenvalue weighted by Crippen LogP contribution is -2.37. The Balaban J connectivity index is 3.89. The first-order valence-corrected chi connectivity index (χ1v) is 4.83. The van der Waals surface area contributed by atoms with Crippen molar-refractivity contribution in [3.05, 3.63) is 0 Å². The van der Waals surface area contributed by atoms with E-state index in [0.717, 1.165) is 6.54 Å². The van der Waals surface area contributed by atoms with E-state index in [2.05, 4.69) is 6.07 Å². The third-order valence-electron chi connectivity index (χ3n) is 2.11. The van der Waals surface area contributed by atoms with Crippen molar-refractivity contribution < 1.29 is 4.79 Å². The third kappa shape index (κ3) is 4.83. The Hall–Kier alpha value is -1.08. The molecule has 0 saturated heterocycles. The molecule has 0 heterocycles. The van der Waals surface area contributed by atoms with Gasteiger partial charge in [-0.05, 0) is 20.9 Å². The summed E-state index contributed by atoms with van der Waals surface area (Å²) in [5.74, 6) is 0.0693. The minimum Gasteiger partial charge on any atom is -0.345 e. The molecule has 0 aromatic heterocycles. The molecule has 0 aliphatic rings. The molecule has 0 aliphatic heterocycles. The summed E-state index contributed by atoms with van der Waals surface area (Å²) in [5.41, 5.74) is 0. The van der Waals surface area contributed by atoms with E-state index in [1.54, 1.807) is 11.9 Å². The zero-order chi connectivity index (χ0) is 11.1. The summed E-state index contributed by atoms with van der Waals surface area (Å²) in [7, 11) is 3.64. The standard InChI is InChI=1S/C10H19N3O/c1-5-13(4)10(14)8-12(3)7-9(2)6-11/h9H,5,7-8H2,1-4H3. The quantitative estimate of drug-likeness (QED) is 0.647. The molecule has 80 valence electrons. The van der Waals surface area contributed by atoms with Gasteiger partial charge in [0.1, 0.15) is 0 Å². The highest BCUT2D eigenvalue weighted by molar-refractivity contribution is 5.77. The molecule has 14 heavy (non-hydrogen) atoms. The third-order valence-corrected chi connectivity index (χ3v) is 2.11. The van der Waals surface area contributed by atoms with Crippen LogP contribution in [0.5, 0.6) is 0 Å². The molecule has 0 aromatic carbocycles. The van der Waals surface area contributed by atoms with E-state index in [-0.39, 0.29) is 11.8 Å². The van der Waals surface area contributed by atoms with Gasteiger partial charge in [-0.2, -0.15) is 5.26 Å². The number of likely N-dealkylation sites (N-methyl/N-ethyl adjacent to an activating group) is 2. The second-order valence-electron chi connectivity index (χ2n) is 3.63. The number of rotatable bonds is 5. The molecule has 0 saturated carbocycles. The van der Waals surface area contributed by atoms with Crippen LogP contribution >= 0.6 is 0 Å². The van der Waals surface area contributed by atoms with Gasteiger partial charge in [-0.3, -0.25) is 9.69 Å². The average molecular weight is 197 g/mol. The number of hydrogen-bond donors (Lipinski definition) is 0. The number of carbonyl (C=O) groups excluding carboxylic acids is 1. The molecule has 0 aromatic rings. The molecule has 4 nitrogen and oxygen atoms in total. The van der Waals surface area contributed by atoms with E-state index < -0.39 is 0 Å². The largest absolute Gasteiger partial charge is 0.345 e. The van der Waals surface area contributed by atoms with Crippen LogP contribution in [0.4, 0.5) is 0 Å². The summed E-state index contributed by atoms with van der Waals surface area (Å²) in [6, 6.07) is 2.15. The monoisotopic (exact) mass is 197 g/mol. The van der Waals surface area contributed by atoms with Crippen LogP contribution in [0.25, 0.3) is 0 Å². The van der Waals surface area contributed by atoms with Crippen molar-refractivity contribution in [2.75, 3.05) is 33.7 Å². The molecule has 0 aliphatic carbocycles. The Morgan fingerprint density at radius 3 is 2.50 bits per heavy atom. The number of carbonyl (C=O) groups is 1. The van der Waals surface area contributed by atoms with Crippen molar-refractivity contribution in [3.8, 4) is 6.07 Å². The van der Waals surface area contributed by atoms with Crippen LogP contribution in [-0.4, -0.2) is 49.4 Å². The maximum atomic E-state index is 11.5. The van der Waals surface area contributed by atoms with Crippen molar-refractivity contribution in [2.24, 2.45) is 5.92 Å². The molecule has 0 spiro atoms. The smallest absolute Gasteiger partial charge is 0.236 e. The van der Waals surface area contributed by atoms with Gasteiger partial charge in [-0.15, -0.1) is 0 Å². The van der Waals surface area contributed by atoms with E-state index in [9.17, 15) is 4.79 Å². The lowest BCUT2D eigenvalue weighted by atomic mass is 10.2. The lowest BCUT2D eigenvalue weighted by molar-refractivity contribution is -0.130. The maximum absolute atomic E-state index is 11.5. The Morgan fingerprint density at radius 2 is 2.07 bits per heavy atom. The highest BCUT2D eigenvalue weighted by atomic mass is 16.2. The van der Waals surface area contributed by atoms with E-state index in [1.807, 2.05) is 25.8 Å². The summed E-state index contributed by atoms with van der Waals surface area (Å²) in [6.45, 7) is 5.54. The zero-order valence-electron chi connectivity index (χ0n) is 9.45. The van der Waals surface area contributed by atoms with E-state index in [4.69, 9.17) is 5.26 Å². The van der Waals surface area contributed by atoms with E-state index in [1.165, 1.54) is 0 Å². The summed E-state index contributed by atoms with van der Waals surface area (Å²) in [4.78, 5) is 15.0. The van der Waals surface area contributed by atoms with E-state index >= 15 is 0 Å². The first-order chi connectivity index (χ1) is 6.51. The summed E-state index contributed by atoms with van der Waals surface area (Å²) < 4.78 is 0. The highest BCUT2D eigenvalue weighted by Gasteiger charge is 2.11. The molecule has 0 rings (SSSR count). The normalized spacial score (nSPS) is 12.3. The zero-order valence-corrected chi connectivity index (χ0v) is 9.45. The summed E-state index contributed by atoms with van der Waals surface area (Å²) in [5, 5.41) is 8.60. The molecule has 1 amide bonds. The molecule has 0 radical (unpaired) electrons. The highest BCUT2D eigenvalue weighted by Crippen LogP contribution is 1.96. The predicted octanol–water partition coefficient (Wildman–Crippen LogP) is 0.556. The average Bonchev–Trinajstić information content (AvgIpc) is 2.15.